The molecule has 9 rings (SSSR count). The lowest BCUT2D eigenvalue weighted by Crippen LogP contribution is -1.98. The number of hydrogen-bond acceptors (Lipinski definition) is 1. The van der Waals surface area contributed by atoms with Crippen molar-refractivity contribution >= 4 is 43.6 Å². The summed E-state index contributed by atoms with van der Waals surface area (Å²) < 4.78 is 4.63. The van der Waals surface area contributed by atoms with Crippen molar-refractivity contribution in [2.75, 3.05) is 0 Å². The lowest BCUT2D eigenvalue weighted by atomic mass is 9.99. The minimum absolute atomic E-state index is 0.638. The summed E-state index contributed by atoms with van der Waals surface area (Å²) in [6.07, 6.45) is 0. The summed E-state index contributed by atoms with van der Waals surface area (Å²) in [5.74, 6) is 0. The summed E-state index contributed by atoms with van der Waals surface area (Å²) >= 11 is 0. The molecule has 0 bridgehead atoms. The van der Waals surface area contributed by atoms with Gasteiger partial charge in [0.15, 0.2) is 0 Å². The van der Waals surface area contributed by atoms with E-state index in [0.717, 1.165) is 49.8 Å². The van der Waals surface area contributed by atoms with Crippen LogP contribution >= 0.6 is 0 Å². The van der Waals surface area contributed by atoms with Gasteiger partial charge in [0, 0.05) is 27.2 Å². The van der Waals surface area contributed by atoms with Gasteiger partial charge < -0.3 is 9.13 Å². The van der Waals surface area contributed by atoms with Crippen LogP contribution in [0.15, 0.2) is 164 Å². The average Bonchev–Trinajstić information content (AvgIpc) is 3.63. The standard InChI is InChI=1S/C43H27N3/c44-28-33-24-23-32(31-21-19-30(20-22-31)29-11-3-1-4-12-29)25-41(33)46-40-18-10-8-16-36(40)38-26-42-37(27-43(38)46)35-15-7-9-17-39(35)45(42)34-13-5-2-6-14-34/h1-27H. The first-order valence-electron chi connectivity index (χ1n) is 15.5. The van der Waals surface area contributed by atoms with Gasteiger partial charge in [-0.1, -0.05) is 115 Å². The van der Waals surface area contributed by atoms with Gasteiger partial charge in [0.05, 0.1) is 33.3 Å². The van der Waals surface area contributed by atoms with Crippen LogP contribution in [-0.2, 0) is 0 Å². The highest BCUT2D eigenvalue weighted by Crippen LogP contribution is 2.40. The fraction of sp³-hybridized carbons (Fsp3) is 0. The number of para-hydroxylation sites is 3. The van der Waals surface area contributed by atoms with Crippen LogP contribution in [0.3, 0.4) is 0 Å². The summed E-state index contributed by atoms with van der Waals surface area (Å²) in [6.45, 7) is 0. The Balaban J connectivity index is 1.30. The van der Waals surface area contributed by atoms with E-state index in [9.17, 15) is 5.26 Å². The highest BCUT2D eigenvalue weighted by molar-refractivity contribution is 6.19. The van der Waals surface area contributed by atoms with Crippen LogP contribution in [0.4, 0.5) is 0 Å². The van der Waals surface area contributed by atoms with E-state index in [1.807, 2.05) is 12.1 Å². The number of rotatable bonds is 4. The molecule has 0 saturated heterocycles. The monoisotopic (exact) mass is 585 g/mol. The van der Waals surface area contributed by atoms with Crippen LogP contribution < -0.4 is 0 Å². The van der Waals surface area contributed by atoms with E-state index in [2.05, 4.69) is 167 Å². The Morgan fingerprint density at radius 2 is 0.848 bits per heavy atom. The zero-order chi connectivity index (χ0) is 30.6. The average molecular weight is 586 g/mol. The van der Waals surface area contributed by atoms with Gasteiger partial charge in [-0.3, -0.25) is 0 Å². The Morgan fingerprint density at radius 3 is 1.48 bits per heavy atom. The maximum Gasteiger partial charge on any atom is 0.101 e. The maximum atomic E-state index is 10.4. The SMILES string of the molecule is N#Cc1ccc(-c2ccc(-c3ccccc3)cc2)cc1-n1c2ccccc2c2cc3c(cc21)c1ccccc1n3-c1ccccc1. The Hall–Kier alpha value is -6.37. The summed E-state index contributed by atoms with van der Waals surface area (Å²) in [7, 11) is 0. The minimum Gasteiger partial charge on any atom is -0.309 e. The van der Waals surface area contributed by atoms with Gasteiger partial charge in [-0.25, -0.2) is 0 Å². The smallest absolute Gasteiger partial charge is 0.101 e. The van der Waals surface area contributed by atoms with Crippen molar-refractivity contribution in [3.8, 4) is 39.7 Å². The fourth-order valence-electron chi connectivity index (χ4n) is 7.02. The van der Waals surface area contributed by atoms with Crippen LogP contribution in [0.2, 0.25) is 0 Å². The molecular weight excluding hydrogens is 558 g/mol. The largest absolute Gasteiger partial charge is 0.309 e. The number of benzene rings is 7. The van der Waals surface area contributed by atoms with Crippen LogP contribution in [0.5, 0.6) is 0 Å². The number of aromatic nitrogens is 2. The molecule has 0 aliphatic heterocycles. The molecule has 2 aromatic heterocycles. The zero-order valence-electron chi connectivity index (χ0n) is 24.9. The summed E-state index contributed by atoms with van der Waals surface area (Å²) in [4.78, 5) is 0. The van der Waals surface area contributed by atoms with E-state index < -0.39 is 0 Å². The lowest BCUT2D eigenvalue weighted by molar-refractivity contribution is 1.17. The van der Waals surface area contributed by atoms with Gasteiger partial charge in [0.25, 0.3) is 0 Å². The molecule has 9 aromatic rings. The van der Waals surface area contributed by atoms with Crippen molar-refractivity contribution in [2.45, 2.75) is 0 Å². The van der Waals surface area contributed by atoms with E-state index >= 15 is 0 Å². The molecule has 0 saturated carbocycles. The first kappa shape index (κ1) is 26.1. The van der Waals surface area contributed by atoms with Crippen LogP contribution in [0, 0.1) is 11.3 Å². The minimum atomic E-state index is 0.638. The molecular formula is C43H27N3. The Morgan fingerprint density at radius 1 is 0.370 bits per heavy atom. The topological polar surface area (TPSA) is 33.6 Å². The van der Waals surface area contributed by atoms with Crippen molar-refractivity contribution in [2.24, 2.45) is 0 Å². The van der Waals surface area contributed by atoms with Gasteiger partial charge in [-0.15, -0.1) is 0 Å². The predicted molar refractivity (Wildman–Crippen MR) is 191 cm³/mol. The predicted octanol–water partition coefficient (Wildman–Crippen LogP) is 11.1. The maximum absolute atomic E-state index is 10.4. The first-order chi connectivity index (χ1) is 22.8. The second kappa shape index (κ2) is 10.4. The normalized spacial score (nSPS) is 11.5. The highest BCUT2D eigenvalue weighted by Gasteiger charge is 2.20. The second-order valence-corrected chi connectivity index (χ2v) is 11.7. The summed E-state index contributed by atoms with van der Waals surface area (Å²) in [5, 5.41) is 15.1. The van der Waals surface area contributed by atoms with Gasteiger partial charge >= 0.3 is 0 Å². The van der Waals surface area contributed by atoms with Crippen molar-refractivity contribution in [1.82, 2.24) is 9.13 Å². The number of hydrogen-bond donors (Lipinski definition) is 0. The Labute approximate surface area is 266 Å². The molecule has 214 valence electrons. The van der Waals surface area contributed by atoms with Crippen LogP contribution in [0.1, 0.15) is 5.56 Å². The van der Waals surface area contributed by atoms with Crippen LogP contribution in [-0.4, -0.2) is 9.13 Å². The number of fused-ring (bicyclic) bond motifs is 6. The van der Waals surface area contributed by atoms with E-state index in [-0.39, 0.29) is 0 Å². The third-order valence-corrected chi connectivity index (χ3v) is 9.16. The quantitative estimate of drug-likeness (QED) is 0.202. The molecule has 0 fully saturated rings. The van der Waals surface area contributed by atoms with Gasteiger partial charge in [0.1, 0.15) is 6.07 Å². The molecule has 3 heteroatoms. The van der Waals surface area contributed by atoms with Crippen molar-refractivity contribution < 1.29 is 0 Å². The van der Waals surface area contributed by atoms with Crippen molar-refractivity contribution in [1.29, 1.82) is 5.26 Å². The van der Waals surface area contributed by atoms with Crippen molar-refractivity contribution in [3.05, 3.63) is 169 Å². The summed E-state index contributed by atoms with van der Waals surface area (Å²) in [5.41, 5.74) is 11.7. The third-order valence-electron chi connectivity index (χ3n) is 9.16. The molecule has 0 amide bonds. The van der Waals surface area contributed by atoms with Gasteiger partial charge in [0.2, 0.25) is 0 Å². The Kier molecular flexibility index (Phi) is 5.88. The molecule has 0 atom stereocenters. The van der Waals surface area contributed by atoms with Crippen molar-refractivity contribution in [3.63, 3.8) is 0 Å². The van der Waals surface area contributed by atoms with E-state index in [1.54, 1.807) is 0 Å². The number of nitrogens with zero attached hydrogens (tertiary/aromatic N) is 3. The third kappa shape index (κ3) is 3.98. The van der Waals surface area contributed by atoms with E-state index in [1.165, 1.54) is 27.4 Å². The molecule has 0 aliphatic rings. The molecule has 0 unspecified atom stereocenters. The molecule has 46 heavy (non-hydrogen) atoms. The summed E-state index contributed by atoms with van der Waals surface area (Å²) in [6, 6.07) is 60.1. The molecule has 0 spiro atoms. The molecule has 0 N–H and O–H groups in total. The first-order valence-corrected chi connectivity index (χ1v) is 15.5. The van der Waals surface area contributed by atoms with Gasteiger partial charge in [-0.05, 0) is 70.8 Å². The van der Waals surface area contributed by atoms with Gasteiger partial charge in [-0.2, -0.15) is 5.26 Å². The van der Waals surface area contributed by atoms with E-state index in [4.69, 9.17) is 0 Å². The highest BCUT2D eigenvalue weighted by atomic mass is 15.0. The number of nitriles is 1. The van der Waals surface area contributed by atoms with Crippen LogP contribution in [0.25, 0.3) is 77.2 Å². The molecule has 0 radical (unpaired) electrons. The second-order valence-electron chi connectivity index (χ2n) is 11.7. The zero-order valence-corrected chi connectivity index (χ0v) is 24.9. The fourth-order valence-corrected chi connectivity index (χ4v) is 7.02. The van der Waals surface area contributed by atoms with E-state index in [0.29, 0.717) is 5.56 Å². The molecule has 7 aromatic carbocycles. The Bertz CT molecular complexity index is 2620. The molecule has 2 heterocycles. The molecule has 3 nitrogen and oxygen atoms in total. The molecule has 0 aliphatic carbocycles. The lowest BCUT2D eigenvalue weighted by Gasteiger charge is -2.13.